The first-order valence-corrected chi connectivity index (χ1v) is 8.27. The van der Waals surface area contributed by atoms with Gasteiger partial charge in [-0.3, -0.25) is 9.59 Å². The molecule has 0 aliphatic carbocycles. The fourth-order valence-electron chi connectivity index (χ4n) is 2.34. The summed E-state index contributed by atoms with van der Waals surface area (Å²) in [6, 6.07) is 5.92. The zero-order valence-electron chi connectivity index (χ0n) is 12.0. The molecule has 0 aromatic heterocycles. The first-order valence-electron chi connectivity index (χ1n) is 6.83. The van der Waals surface area contributed by atoms with Crippen molar-refractivity contribution >= 4 is 21.8 Å². The molecule has 1 aromatic carbocycles. The molecule has 1 aliphatic rings. The number of rotatable bonds is 5. The highest BCUT2D eigenvalue weighted by molar-refractivity contribution is 7.90. The van der Waals surface area contributed by atoms with Crippen LogP contribution >= 0.6 is 0 Å². The highest BCUT2D eigenvalue weighted by atomic mass is 32.2. The lowest BCUT2D eigenvalue weighted by Gasteiger charge is -2.17. The second-order valence-electron chi connectivity index (χ2n) is 5.07. The Morgan fingerprint density at radius 2 is 2.00 bits per heavy atom. The Labute approximate surface area is 124 Å². The largest absolute Gasteiger partial charge is 0.352 e. The average Bonchev–Trinajstić information content (AvgIpc) is 2.61. The molecule has 7 heteroatoms. The highest BCUT2D eigenvalue weighted by Crippen LogP contribution is 2.29. The van der Waals surface area contributed by atoms with Gasteiger partial charge in [0.1, 0.15) is 11.4 Å². The molecule has 2 amide bonds. The smallest absolute Gasteiger partial charge is 0.269 e. The topological polar surface area (TPSA) is 83.6 Å². The number of sulfonamides is 1. The van der Waals surface area contributed by atoms with Crippen molar-refractivity contribution in [1.82, 2.24) is 9.62 Å². The molecular formula is C14H18N2O4S. The van der Waals surface area contributed by atoms with E-state index < -0.39 is 28.4 Å². The molecule has 21 heavy (non-hydrogen) atoms. The quantitative estimate of drug-likeness (QED) is 0.884. The summed E-state index contributed by atoms with van der Waals surface area (Å²) >= 11 is 0. The van der Waals surface area contributed by atoms with Gasteiger partial charge < -0.3 is 5.32 Å². The van der Waals surface area contributed by atoms with Gasteiger partial charge in [-0.05, 0) is 25.5 Å². The Morgan fingerprint density at radius 3 is 2.62 bits per heavy atom. The number of hydrogen-bond acceptors (Lipinski definition) is 4. The molecule has 6 nitrogen and oxygen atoms in total. The molecule has 114 valence electrons. The Bertz CT molecular complexity index is 669. The molecule has 1 unspecified atom stereocenters. The number of nitrogens with zero attached hydrogens (tertiary/aromatic N) is 1. The van der Waals surface area contributed by atoms with E-state index in [0.29, 0.717) is 4.31 Å². The second-order valence-corrected chi connectivity index (χ2v) is 6.90. The fourth-order valence-corrected chi connectivity index (χ4v) is 3.87. The summed E-state index contributed by atoms with van der Waals surface area (Å²) in [6.45, 7) is 3.36. The van der Waals surface area contributed by atoms with Crippen LogP contribution in [0.15, 0.2) is 29.2 Å². The van der Waals surface area contributed by atoms with Crippen molar-refractivity contribution in [2.24, 2.45) is 0 Å². The Morgan fingerprint density at radius 1 is 1.33 bits per heavy atom. The molecule has 1 aromatic rings. The summed E-state index contributed by atoms with van der Waals surface area (Å²) < 4.78 is 25.2. The third-order valence-electron chi connectivity index (χ3n) is 3.33. The Hall–Kier alpha value is -1.89. The fraction of sp³-hybridized carbons (Fsp3) is 0.429. The van der Waals surface area contributed by atoms with Gasteiger partial charge in [-0.15, -0.1) is 0 Å². The van der Waals surface area contributed by atoms with Crippen LogP contribution in [0, 0.1) is 0 Å². The van der Waals surface area contributed by atoms with Crippen LogP contribution < -0.4 is 5.32 Å². The van der Waals surface area contributed by atoms with Gasteiger partial charge in [-0.25, -0.2) is 12.7 Å². The lowest BCUT2D eigenvalue weighted by atomic mass is 10.2. The minimum atomic E-state index is -3.92. The lowest BCUT2D eigenvalue weighted by Crippen LogP contribution is -2.43. The van der Waals surface area contributed by atoms with E-state index in [2.05, 4.69) is 5.32 Å². The van der Waals surface area contributed by atoms with Crippen LogP contribution in [0.2, 0.25) is 0 Å². The van der Waals surface area contributed by atoms with Gasteiger partial charge in [-0.1, -0.05) is 25.5 Å². The first kappa shape index (κ1) is 15.5. The molecule has 0 radical (unpaired) electrons. The van der Waals surface area contributed by atoms with Crippen molar-refractivity contribution in [2.45, 2.75) is 37.6 Å². The molecule has 0 fully saturated rings. The zero-order chi connectivity index (χ0) is 15.6. The van der Waals surface area contributed by atoms with E-state index in [0.717, 1.165) is 12.8 Å². The minimum Gasteiger partial charge on any atom is -0.352 e. The molecule has 2 rings (SSSR count). The van der Waals surface area contributed by atoms with Crippen LogP contribution in [0.5, 0.6) is 0 Å². The van der Waals surface area contributed by atoms with Crippen LogP contribution in [-0.2, 0) is 14.8 Å². The van der Waals surface area contributed by atoms with Crippen LogP contribution in [-0.4, -0.2) is 37.1 Å². The van der Waals surface area contributed by atoms with E-state index in [-0.39, 0.29) is 16.5 Å². The van der Waals surface area contributed by atoms with Crippen molar-refractivity contribution < 1.29 is 18.0 Å². The molecule has 1 heterocycles. The summed E-state index contributed by atoms with van der Waals surface area (Å²) in [7, 11) is -3.92. The molecule has 0 saturated carbocycles. The third kappa shape index (κ3) is 2.92. The predicted molar refractivity (Wildman–Crippen MR) is 77.2 cm³/mol. The summed E-state index contributed by atoms with van der Waals surface area (Å²) in [5, 5.41) is 2.70. The summed E-state index contributed by atoms with van der Waals surface area (Å²) in [6.07, 6.45) is 1.71. The van der Waals surface area contributed by atoms with E-state index in [1.807, 2.05) is 13.8 Å². The lowest BCUT2D eigenvalue weighted by molar-refractivity contribution is -0.121. The molecule has 1 N–H and O–H groups in total. The molecule has 1 aliphatic heterocycles. The van der Waals surface area contributed by atoms with Crippen molar-refractivity contribution in [1.29, 1.82) is 0 Å². The van der Waals surface area contributed by atoms with E-state index >= 15 is 0 Å². The molecule has 0 bridgehead atoms. The van der Waals surface area contributed by atoms with Crippen LogP contribution in [0.4, 0.5) is 0 Å². The van der Waals surface area contributed by atoms with Gasteiger partial charge in [-0.2, -0.15) is 0 Å². The number of carbonyl (C=O) groups is 2. The number of benzene rings is 1. The molecule has 0 spiro atoms. The number of amides is 2. The van der Waals surface area contributed by atoms with Crippen molar-refractivity contribution in [3.63, 3.8) is 0 Å². The maximum Gasteiger partial charge on any atom is 0.269 e. The van der Waals surface area contributed by atoms with Crippen molar-refractivity contribution in [3.8, 4) is 0 Å². The van der Waals surface area contributed by atoms with Crippen molar-refractivity contribution in [2.75, 3.05) is 6.54 Å². The summed E-state index contributed by atoms with van der Waals surface area (Å²) in [4.78, 5) is 24.0. The number of fused-ring (bicyclic) bond motifs is 1. The minimum absolute atomic E-state index is 0.0376. The van der Waals surface area contributed by atoms with E-state index in [1.165, 1.54) is 12.1 Å². The van der Waals surface area contributed by atoms with Gasteiger partial charge >= 0.3 is 0 Å². The first-order chi connectivity index (χ1) is 9.87. The van der Waals surface area contributed by atoms with Gasteiger partial charge in [0.25, 0.3) is 15.9 Å². The highest BCUT2D eigenvalue weighted by Gasteiger charge is 2.41. The number of hydrogen-bond donors (Lipinski definition) is 1. The van der Waals surface area contributed by atoms with Crippen LogP contribution in [0.1, 0.15) is 37.0 Å². The average molecular weight is 310 g/mol. The van der Waals surface area contributed by atoms with Crippen LogP contribution in [0.3, 0.4) is 0 Å². The van der Waals surface area contributed by atoms with Gasteiger partial charge in [0.2, 0.25) is 5.91 Å². The van der Waals surface area contributed by atoms with Crippen molar-refractivity contribution in [3.05, 3.63) is 29.8 Å². The Kier molecular flexibility index (Phi) is 4.32. The maximum atomic E-state index is 12.3. The normalized spacial score (nSPS) is 17.4. The zero-order valence-corrected chi connectivity index (χ0v) is 12.8. The standard InChI is InChI=1S/C14H18N2O4S/c1-3-6-10(2)15-13(17)9-16-14(18)11-7-4-5-8-12(11)21(16,19)20/h4-5,7-8,10H,3,6,9H2,1-2H3,(H,15,17). The van der Waals surface area contributed by atoms with Gasteiger partial charge in [0, 0.05) is 6.04 Å². The van der Waals surface area contributed by atoms with Crippen LogP contribution in [0.25, 0.3) is 0 Å². The number of nitrogens with one attached hydrogen (secondary N) is 1. The summed E-state index contributed by atoms with van der Waals surface area (Å²) in [5.74, 6) is -1.12. The van der Waals surface area contributed by atoms with Gasteiger partial charge in [0.15, 0.2) is 0 Å². The van der Waals surface area contributed by atoms with E-state index in [4.69, 9.17) is 0 Å². The second kappa shape index (κ2) is 5.85. The van der Waals surface area contributed by atoms with Gasteiger partial charge in [0.05, 0.1) is 5.56 Å². The third-order valence-corrected chi connectivity index (χ3v) is 5.12. The van der Waals surface area contributed by atoms with E-state index in [9.17, 15) is 18.0 Å². The predicted octanol–water partition coefficient (Wildman–Crippen LogP) is 1.14. The SMILES string of the molecule is CCCC(C)NC(=O)CN1C(=O)c2ccccc2S1(=O)=O. The number of carbonyl (C=O) groups excluding carboxylic acids is 2. The van der Waals surface area contributed by atoms with E-state index in [1.54, 1.807) is 12.1 Å². The molecule has 0 saturated heterocycles. The maximum absolute atomic E-state index is 12.3. The molecule has 1 atom stereocenters. The Balaban J connectivity index is 2.16. The monoisotopic (exact) mass is 310 g/mol. The summed E-state index contributed by atoms with van der Waals surface area (Å²) in [5.41, 5.74) is 0.118. The molecular weight excluding hydrogens is 292 g/mol.